The molecule has 0 heterocycles. The maximum absolute atomic E-state index is 9.66. The Kier molecular flexibility index (Phi) is 5.67. The zero-order valence-electron chi connectivity index (χ0n) is 13.2. The molecule has 0 aromatic rings. The predicted molar refractivity (Wildman–Crippen MR) is 78.6 cm³/mol. The fourth-order valence-electron chi connectivity index (χ4n) is 3.30. The molecule has 0 saturated heterocycles. The van der Waals surface area contributed by atoms with Crippen LogP contribution in [0, 0.1) is 29.1 Å². The second-order valence-electron chi connectivity index (χ2n) is 7.45. The Bertz CT molecular complexity index is 239. The summed E-state index contributed by atoms with van der Waals surface area (Å²) in [6, 6.07) is 0. The van der Waals surface area contributed by atoms with Gasteiger partial charge in [0.1, 0.15) is 0 Å². The summed E-state index contributed by atoms with van der Waals surface area (Å²) in [6.45, 7) is 17.6. The highest BCUT2D eigenvalue weighted by Gasteiger charge is 2.55. The molecule has 1 rings (SSSR count). The van der Waals surface area contributed by atoms with Crippen molar-refractivity contribution in [3.05, 3.63) is 0 Å². The number of aliphatic hydroxyl groups is 1. The summed E-state index contributed by atoms with van der Waals surface area (Å²) in [7, 11) is 0. The van der Waals surface area contributed by atoms with Crippen LogP contribution in [0.2, 0.25) is 0 Å². The van der Waals surface area contributed by atoms with Gasteiger partial charge in [0.2, 0.25) is 0 Å². The molecule has 0 radical (unpaired) electrons. The Balaban J connectivity index is 2.52. The maximum Gasteiger partial charge on any atom is 0.0493 e. The third-order valence-electron chi connectivity index (χ3n) is 4.45. The van der Waals surface area contributed by atoms with Crippen molar-refractivity contribution in [1.82, 2.24) is 4.90 Å². The van der Waals surface area contributed by atoms with Gasteiger partial charge in [0.25, 0.3) is 0 Å². The topological polar surface area (TPSA) is 23.5 Å². The number of aliphatic hydroxyl groups excluding tert-OH is 1. The number of hydrogen-bond donors (Lipinski definition) is 1. The summed E-state index contributed by atoms with van der Waals surface area (Å²) in [5, 5.41) is 9.66. The Morgan fingerprint density at radius 3 is 1.83 bits per heavy atom. The highest BCUT2D eigenvalue weighted by Crippen LogP contribution is 2.57. The van der Waals surface area contributed by atoms with Gasteiger partial charge in [0.15, 0.2) is 0 Å². The normalized spacial score (nSPS) is 27.8. The van der Waals surface area contributed by atoms with Crippen LogP contribution in [0.4, 0.5) is 0 Å². The number of rotatable bonds is 8. The molecule has 2 nitrogen and oxygen atoms in total. The van der Waals surface area contributed by atoms with Crippen LogP contribution >= 0.6 is 0 Å². The molecule has 0 bridgehead atoms. The van der Waals surface area contributed by atoms with E-state index in [4.69, 9.17) is 0 Å². The van der Waals surface area contributed by atoms with Crippen molar-refractivity contribution in [3.63, 3.8) is 0 Å². The lowest BCUT2D eigenvalue weighted by Gasteiger charge is -2.28. The number of nitrogens with zero attached hydrogens (tertiary/aromatic N) is 1. The zero-order valence-corrected chi connectivity index (χ0v) is 13.2. The minimum atomic E-state index is 0.228. The standard InChI is InChI=1S/C16H33NO/c1-12(2)8-17(9-13(3)4)10-15-7-16(15,11-18)14(5)6/h12-15,18H,7-11H2,1-6H3. The first-order valence-electron chi connectivity index (χ1n) is 7.65. The van der Waals surface area contributed by atoms with Gasteiger partial charge in [0.05, 0.1) is 0 Å². The SMILES string of the molecule is CC(C)CN(CC(C)C)CC1CC1(CO)C(C)C. The van der Waals surface area contributed by atoms with E-state index in [9.17, 15) is 5.11 Å². The molecule has 1 aliphatic rings. The first-order valence-corrected chi connectivity index (χ1v) is 7.65. The molecule has 0 amide bonds. The predicted octanol–water partition coefficient (Wildman–Crippen LogP) is 3.26. The number of hydrogen-bond acceptors (Lipinski definition) is 2. The quantitative estimate of drug-likeness (QED) is 0.719. The maximum atomic E-state index is 9.66. The van der Waals surface area contributed by atoms with Crippen LogP contribution in [0.25, 0.3) is 0 Å². The molecule has 2 atom stereocenters. The van der Waals surface area contributed by atoms with Crippen LogP contribution in [0.1, 0.15) is 48.0 Å². The Morgan fingerprint density at radius 1 is 1.06 bits per heavy atom. The summed E-state index contributed by atoms with van der Waals surface area (Å²) < 4.78 is 0. The van der Waals surface area contributed by atoms with Crippen LogP contribution in [0.5, 0.6) is 0 Å². The Hall–Kier alpha value is -0.0800. The molecule has 1 aliphatic carbocycles. The van der Waals surface area contributed by atoms with Gasteiger partial charge < -0.3 is 10.0 Å². The molecule has 1 N–H and O–H groups in total. The lowest BCUT2D eigenvalue weighted by atomic mass is 9.90. The second kappa shape index (κ2) is 6.38. The van der Waals surface area contributed by atoms with Crippen LogP contribution in [0.3, 0.4) is 0 Å². The van der Waals surface area contributed by atoms with Crippen molar-refractivity contribution in [2.24, 2.45) is 29.1 Å². The van der Waals surface area contributed by atoms with Crippen LogP contribution in [0.15, 0.2) is 0 Å². The largest absolute Gasteiger partial charge is 0.396 e. The summed E-state index contributed by atoms with van der Waals surface area (Å²) >= 11 is 0. The van der Waals surface area contributed by atoms with Gasteiger partial charge in [-0.25, -0.2) is 0 Å². The fourth-order valence-corrected chi connectivity index (χ4v) is 3.30. The van der Waals surface area contributed by atoms with E-state index in [-0.39, 0.29) is 5.41 Å². The lowest BCUT2D eigenvalue weighted by Crippen LogP contribution is -2.35. The molecule has 0 aromatic carbocycles. The lowest BCUT2D eigenvalue weighted by molar-refractivity contribution is 0.134. The molecule has 0 aromatic heterocycles. The van der Waals surface area contributed by atoms with E-state index in [0.717, 1.165) is 11.8 Å². The van der Waals surface area contributed by atoms with Gasteiger partial charge in [0, 0.05) is 31.7 Å². The van der Waals surface area contributed by atoms with Crippen molar-refractivity contribution < 1.29 is 5.11 Å². The monoisotopic (exact) mass is 255 g/mol. The van der Waals surface area contributed by atoms with Crippen molar-refractivity contribution in [2.75, 3.05) is 26.2 Å². The fraction of sp³-hybridized carbons (Fsp3) is 1.00. The zero-order chi connectivity index (χ0) is 13.9. The molecule has 2 heteroatoms. The van der Waals surface area contributed by atoms with E-state index in [1.165, 1.54) is 26.1 Å². The summed E-state index contributed by atoms with van der Waals surface area (Å²) in [4.78, 5) is 2.61. The minimum Gasteiger partial charge on any atom is -0.396 e. The smallest absolute Gasteiger partial charge is 0.0493 e. The third-order valence-corrected chi connectivity index (χ3v) is 4.45. The second-order valence-corrected chi connectivity index (χ2v) is 7.45. The molecule has 18 heavy (non-hydrogen) atoms. The highest BCUT2D eigenvalue weighted by molar-refractivity contribution is 5.04. The summed E-state index contributed by atoms with van der Waals surface area (Å²) in [6.07, 6.45) is 1.22. The Labute approximate surface area is 114 Å². The summed E-state index contributed by atoms with van der Waals surface area (Å²) in [5.41, 5.74) is 0.228. The van der Waals surface area contributed by atoms with Crippen LogP contribution in [-0.2, 0) is 0 Å². The van der Waals surface area contributed by atoms with Gasteiger partial charge in [-0.15, -0.1) is 0 Å². The van der Waals surface area contributed by atoms with Gasteiger partial charge in [-0.3, -0.25) is 0 Å². The van der Waals surface area contributed by atoms with E-state index >= 15 is 0 Å². The van der Waals surface area contributed by atoms with Gasteiger partial charge in [-0.2, -0.15) is 0 Å². The summed E-state index contributed by atoms with van der Waals surface area (Å²) in [5.74, 6) is 2.77. The molecule has 1 fully saturated rings. The van der Waals surface area contributed by atoms with Gasteiger partial charge >= 0.3 is 0 Å². The van der Waals surface area contributed by atoms with E-state index < -0.39 is 0 Å². The third kappa shape index (κ3) is 3.96. The van der Waals surface area contributed by atoms with Gasteiger partial charge in [-0.05, 0) is 30.1 Å². The van der Waals surface area contributed by atoms with E-state index in [1.807, 2.05) is 0 Å². The highest BCUT2D eigenvalue weighted by atomic mass is 16.3. The van der Waals surface area contributed by atoms with E-state index in [1.54, 1.807) is 0 Å². The van der Waals surface area contributed by atoms with Crippen molar-refractivity contribution in [3.8, 4) is 0 Å². The first-order chi connectivity index (χ1) is 8.31. The Morgan fingerprint density at radius 2 is 1.56 bits per heavy atom. The average molecular weight is 255 g/mol. The van der Waals surface area contributed by atoms with Gasteiger partial charge in [-0.1, -0.05) is 41.5 Å². The molecule has 2 unspecified atom stereocenters. The minimum absolute atomic E-state index is 0.228. The van der Waals surface area contributed by atoms with Crippen molar-refractivity contribution >= 4 is 0 Å². The molecular formula is C16H33NO. The van der Waals surface area contributed by atoms with Crippen LogP contribution < -0.4 is 0 Å². The first kappa shape index (κ1) is 16.0. The molecule has 108 valence electrons. The van der Waals surface area contributed by atoms with E-state index in [0.29, 0.717) is 18.4 Å². The molecule has 0 spiro atoms. The van der Waals surface area contributed by atoms with Crippen LogP contribution in [-0.4, -0.2) is 36.2 Å². The van der Waals surface area contributed by atoms with Crippen molar-refractivity contribution in [1.29, 1.82) is 0 Å². The molecule has 0 aliphatic heterocycles. The molecular weight excluding hydrogens is 222 g/mol. The van der Waals surface area contributed by atoms with Crippen molar-refractivity contribution in [2.45, 2.75) is 48.0 Å². The van der Waals surface area contributed by atoms with E-state index in [2.05, 4.69) is 46.4 Å². The molecule has 1 saturated carbocycles. The average Bonchev–Trinajstić information content (AvgIpc) is 2.90.